The number of aromatic nitrogens is 1. The molecule has 1 aromatic heterocycles. The average Bonchev–Trinajstić information content (AvgIpc) is 3.02. The SMILES string of the molecule is CCCn1ccc(CNC2CCN3CCCC23)c1. The van der Waals surface area contributed by atoms with Crippen LogP contribution in [0, 0.1) is 0 Å². The number of nitrogens with one attached hydrogen (secondary N) is 1. The first-order valence-electron chi connectivity index (χ1n) is 7.49. The molecule has 0 spiro atoms. The van der Waals surface area contributed by atoms with Crippen LogP contribution in [0.25, 0.3) is 0 Å². The molecule has 3 heterocycles. The van der Waals surface area contributed by atoms with Gasteiger partial charge in [-0.2, -0.15) is 0 Å². The molecule has 2 atom stereocenters. The highest BCUT2D eigenvalue weighted by molar-refractivity contribution is 5.10. The monoisotopic (exact) mass is 247 g/mol. The van der Waals surface area contributed by atoms with Gasteiger partial charge in [0.1, 0.15) is 0 Å². The fourth-order valence-corrected chi connectivity index (χ4v) is 3.56. The van der Waals surface area contributed by atoms with Crippen LogP contribution in [0.15, 0.2) is 18.5 Å². The molecule has 2 aliphatic rings. The lowest BCUT2D eigenvalue weighted by Crippen LogP contribution is -2.38. The van der Waals surface area contributed by atoms with Gasteiger partial charge < -0.3 is 9.88 Å². The van der Waals surface area contributed by atoms with Crippen molar-refractivity contribution in [1.82, 2.24) is 14.8 Å². The minimum atomic E-state index is 0.724. The first-order chi connectivity index (χ1) is 8.86. The van der Waals surface area contributed by atoms with Gasteiger partial charge in [-0.3, -0.25) is 4.90 Å². The maximum Gasteiger partial charge on any atom is 0.0250 e. The van der Waals surface area contributed by atoms with Crippen LogP contribution in [0.5, 0.6) is 0 Å². The zero-order valence-corrected chi connectivity index (χ0v) is 11.4. The molecule has 3 heteroatoms. The van der Waals surface area contributed by atoms with E-state index in [1.807, 2.05) is 0 Å². The molecule has 0 radical (unpaired) electrons. The molecule has 1 aromatic rings. The Morgan fingerprint density at radius 3 is 3.17 bits per heavy atom. The average molecular weight is 247 g/mol. The van der Waals surface area contributed by atoms with E-state index < -0.39 is 0 Å². The second-order valence-corrected chi connectivity index (χ2v) is 5.78. The van der Waals surface area contributed by atoms with Crippen molar-refractivity contribution < 1.29 is 0 Å². The highest BCUT2D eigenvalue weighted by Gasteiger charge is 2.36. The Bertz CT molecular complexity index is 385. The standard InChI is InChI=1S/C15H25N3/c1-2-7-17-9-5-13(12-17)11-16-14-6-10-18-8-3-4-15(14)18/h5,9,12,14-16H,2-4,6-8,10-11H2,1H3. The summed E-state index contributed by atoms with van der Waals surface area (Å²) in [6.07, 6.45) is 9.83. The third-order valence-electron chi connectivity index (χ3n) is 4.47. The highest BCUT2D eigenvalue weighted by Crippen LogP contribution is 2.28. The minimum absolute atomic E-state index is 0.724. The fraction of sp³-hybridized carbons (Fsp3) is 0.733. The van der Waals surface area contributed by atoms with Crippen molar-refractivity contribution >= 4 is 0 Å². The van der Waals surface area contributed by atoms with Gasteiger partial charge in [-0.05, 0) is 43.9 Å². The van der Waals surface area contributed by atoms with Crippen LogP contribution in [-0.2, 0) is 13.1 Å². The van der Waals surface area contributed by atoms with Crippen LogP contribution in [0.1, 0.15) is 38.2 Å². The third-order valence-corrected chi connectivity index (χ3v) is 4.47. The van der Waals surface area contributed by atoms with Gasteiger partial charge in [-0.15, -0.1) is 0 Å². The lowest BCUT2D eigenvalue weighted by atomic mass is 10.1. The van der Waals surface area contributed by atoms with Crippen molar-refractivity contribution in [2.24, 2.45) is 0 Å². The summed E-state index contributed by atoms with van der Waals surface area (Å²) in [6, 6.07) is 3.80. The predicted molar refractivity (Wildman–Crippen MR) is 74.6 cm³/mol. The molecule has 2 aliphatic heterocycles. The molecule has 18 heavy (non-hydrogen) atoms. The van der Waals surface area contributed by atoms with E-state index in [0.29, 0.717) is 0 Å². The molecule has 0 aromatic carbocycles. The number of nitrogens with zero attached hydrogens (tertiary/aromatic N) is 2. The molecule has 0 amide bonds. The first kappa shape index (κ1) is 12.2. The van der Waals surface area contributed by atoms with Crippen LogP contribution >= 0.6 is 0 Å². The Balaban J connectivity index is 1.51. The molecule has 0 bridgehead atoms. The predicted octanol–water partition coefficient (Wildman–Crippen LogP) is 2.22. The molecule has 1 N–H and O–H groups in total. The largest absolute Gasteiger partial charge is 0.354 e. The van der Waals surface area contributed by atoms with E-state index in [2.05, 4.69) is 40.2 Å². The summed E-state index contributed by atoms with van der Waals surface area (Å²) in [5.41, 5.74) is 1.43. The molecule has 0 saturated carbocycles. The van der Waals surface area contributed by atoms with Crippen LogP contribution < -0.4 is 5.32 Å². The lowest BCUT2D eigenvalue weighted by molar-refractivity contribution is 0.298. The van der Waals surface area contributed by atoms with E-state index in [4.69, 9.17) is 0 Å². The van der Waals surface area contributed by atoms with Crippen LogP contribution in [0.2, 0.25) is 0 Å². The van der Waals surface area contributed by atoms with E-state index in [9.17, 15) is 0 Å². The number of hydrogen-bond acceptors (Lipinski definition) is 2. The number of aryl methyl sites for hydroxylation is 1. The minimum Gasteiger partial charge on any atom is -0.354 e. The Hall–Kier alpha value is -0.800. The van der Waals surface area contributed by atoms with E-state index in [1.54, 1.807) is 0 Å². The Labute approximate surface area is 110 Å². The molecule has 0 aliphatic carbocycles. The zero-order valence-electron chi connectivity index (χ0n) is 11.4. The zero-order chi connectivity index (χ0) is 12.4. The van der Waals surface area contributed by atoms with Gasteiger partial charge in [0.2, 0.25) is 0 Å². The summed E-state index contributed by atoms with van der Waals surface area (Å²) in [7, 11) is 0. The lowest BCUT2D eigenvalue weighted by Gasteiger charge is -2.21. The Morgan fingerprint density at radius 1 is 1.33 bits per heavy atom. The van der Waals surface area contributed by atoms with Crippen molar-refractivity contribution in [3.05, 3.63) is 24.0 Å². The molecule has 2 saturated heterocycles. The highest BCUT2D eigenvalue weighted by atomic mass is 15.2. The topological polar surface area (TPSA) is 20.2 Å². The second-order valence-electron chi connectivity index (χ2n) is 5.78. The summed E-state index contributed by atoms with van der Waals surface area (Å²) in [6.45, 7) is 7.03. The molecular weight excluding hydrogens is 222 g/mol. The number of hydrogen-bond donors (Lipinski definition) is 1. The maximum absolute atomic E-state index is 3.77. The van der Waals surface area contributed by atoms with Crippen molar-refractivity contribution in [2.45, 2.75) is 57.8 Å². The summed E-state index contributed by atoms with van der Waals surface area (Å²) < 4.78 is 2.30. The summed E-state index contributed by atoms with van der Waals surface area (Å²) in [5.74, 6) is 0. The van der Waals surface area contributed by atoms with Crippen LogP contribution in [-0.4, -0.2) is 34.6 Å². The van der Waals surface area contributed by atoms with Crippen molar-refractivity contribution in [1.29, 1.82) is 0 Å². The van der Waals surface area contributed by atoms with E-state index in [1.165, 1.54) is 44.3 Å². The molecule has 100 valence electrons. The third kappa shape index (κ3) is 2.47. The van der Waals surface area contributed by atoms with E-state index in [0.717, 1.165) is 25.2 Å². The van der Waals surface area contributed by atoms with Gasteiger partial charge >= 0.3 is 0 Å². The summed E-state index contributed by atoms with van der Waals surface area (Å²) in [5, 5.41) is 3.77. The van der Waals surface area contributed by atoms with Gasteiger partial charge in [0.15, 0.2) is 0 Å². The summed E-state index contributed by atoms with van der Waals surface area (Å²) in [4.78, 5) is 2.67. The van der Waals surface area contributed by atoms with Gasteiger partial charge in [0.25, 0.3) is 0 Å². The second kappa shape index (κ2) is 5.45. The van der Waals surface area contributed by atoms with Crippen molar-refractivity contribution in [3.8, 4) is 0 Å². The van der Waals surface area contributed by atoms with E-state index in [-0.39, 0.29) is 0 Å². The van der Waals surface area contributed by atoms with Gasteiger partial charge in [0.05, 0.1) is 0 Å². The molecule has 2 fully saturated rings. The van der Waals surface area contributed by atoms with Gasteiger partial charge in [0, 0.05) is 44.1 Å². The summed E-state index contributed by atoms with van der Waals surface area (Å²) >= 11 is 0. The number of rotatable bonds is 5. The van der Waals surface area contributed by atoms with Crippen molar-refractivity contribution in [3.63, 3.8) is 0 Å². The Kier molecular flexibility index (Phi) is 3.71. The van der Waals surface area contributed by atoms with E-state index >= 15 is 0 Å². The normalized spacial score (nSPS) is 27.8. The number of fused-ring (bicyclic) bond motifs is 1. The smallest absolute Gasteiger partial charge is 0.0250 e. The molecule has 3 nitrogen and oxygen atoms in total. The fourth-order valence-electron chi connectivity index (χ4n) is 3.56. The Morgan fingerprint density at radius 2 is 2.28 bits per heavy atom. The van der Waals surface area contributed by atoms with Crippen molar-refractivity contribution in [2.75, 3.05) is 13.1 Å². The molecule has 3 rings (SSSR count). The van der Waals surface area contributed by atoms with Gasteiger partial charge in [-0.25, -0.2) is 0 Å². The van der Waals surface area contributed by atoms with Crippen LogP contribution in [0.4, 0.5) is 0 Å². The van der Waals surface area contributed by atoms with Crippen LogP contribution in [0.3, 0.4) is 0 Å². The maximum atomic E-state index is 3.77. The van der Waals surface area contributed by atoms with Gasteiger partial charge in [-0.1, -0.05) is 6.92 Å². The molecule has 2 unspecified atom stereocenters. The molecular formula is C15H25N3. The first-order valence-corrected chi connectivity index (χ1v) is 7.49. The quantitative estimate of drug-likeness (QED) is 0.861.